The van der Waals surface area contributed by atoms with E-state index in [-0.39, 0.29) is 17.7 Å². The second kappa shape index (κ2) is 2.50. The summed E-state index contributed by atoms with van der Waals surface area (Å²) < 4.78 is 1.60. The van der Waals surface area contributed by atoms with Crippen LogP contribution in [0.15, 0.2) is 24.3 Å². The molecule has 1 aromatic rings. The van der Waals surface area contributed by atoms with Gasteiger partial charge < -0.3 is 0 Å². The van der Waals surface area contributed by atoms with E-state index in [2.05, 4.69) is 15.5 Å². The summed E-state index contributed by atoms with van der Waals surface area (Å²) in [5.74, 6) is 0.612. The Morgan fingerprint density at radius 3 is 2.76 bits per heavy atom. The van der Waals surface area contributed by atoms with Gasteiger partial charge in [0.1, 0.15) is 6.04 Å². The summed E-state index contributed by atoms with van der Waals surface area (Å²) in [4.78, 5) is 24.6. The molecule has 4 rings (SSSR count). The Labute approximate surface area is 95.4 Å². The van der Waals surface area contributed by atoms with Crippen molar-refractivity contribution in [1.29, 1.82) is 0 Å². The van der Waals surface area contributed by atoms with Crippen LogP contribution in [0.3, 0.4) is 0 Å². The average Bonchev–Trinajstić information content (AvgIpc) is 2.83. The van der Waals surface area contributed by atoms with Crippen LogP contribution in [0.4, 0.5) is 0 Å². The maximum absolute atomic E-state index is 11.7. The minimum Gasteiger partial charge on any atom is -0.300 e. The zero-order chi connectivity index (χ0) is 11.6. The predicted octanol–water partition coefficient (Wildman–Crippen LogP) is -0.692. The maximum Gasteiger partial charge on any atom is 0.228 e. The second-order valence-corrected chi connectivity index (χ2v) is 4.28. The third-order valence-electron chi connectivity index (χ3n) is 3.45. The monoisotopic (exact) mass is 229 g/mol. The Hall–Kier alpha value is -2.31. The molecule has 0 bridgehead atoms. The lowest BCUT2D eigenvalue weighted by Gasteiger charge is -2.43. The Kier molecular flexibility index (Phi) is 1.29. The van der Waals surface area contributed by atoms with E-state index in [1.807, 2.05) is 0 Å². The van der Waals surface area contributed by atoms with Gasteiger partial charge in [-0.05, 0) is 34.7 Å². The SMILES string of the molecule is O=C1C=CC2(C=C1)N1C(=O)CC1c1nnnn12. The fourth-order valence-electron chi connectivity index (χ4n) is 2.65. The number of β-lactam (4-membered cyclic amide) rings is 1. The van der Waals surface area contributed by atoms with Gasteiger partial charge >= 0.3 is 0 Å². The van der Waals surface area contributed by atoms with Crippen LogP contribution in [0, 0.1) is 0 Å². The van der Waals surface area contributed by atoms with E-state index < -0.39 is 5.66 Å². The maximum atomic E-state index is 11.7. The van der Waals surface area contributed by atoms with Gasteiger partial charge in [0.25, 0.3) is 0 Å². The van der Waals surface area contributed by atoms with Crippen LogP contribution >= 0.6 is 0 Å². The Morgan fingerprint density at radius 2 is 2.06 bits per heavy atom. The van der Waals surface area contributed by atoms with E-state index in [0.717, 1.165) is 0 Å². The van der Waals surface area contributed by atoms with Crippen molar-refractivity contribution in [3.63, 3.8) is 0 Å². The van der Waals surface area contributed by atoms with Crippen molar-refractivity contribution < 1.29 is 9.59 Å². The van der Waals surface area contributed by atoms with Gasteiger partial charge in [-0.3, -0.25) is 14.5 Å². The number of aromatic nitrogens is 4. The summed E-state index contributed by atoms with van der Waals surface area (Å²) in [5, 5.41) is 11.5. The molecular weight excluding hydrogens is 222 g/mol. The van der Waals surface area contributed by atoms with Crippen molar-refractivity contribution in [2.45, 2.75) is 18.1 Å². The number of carbonyl (C=O) groups excluding carboxylic acids is 2. The molecule has 1 fully saturated rings. The van der Waals surface area contributed by atoms with Gasteiger partial charge in [-0.25, -0.2) is 0 Å². The molecule has 7 nitrogen and oxygen atoms in total. The minimum atomic E-state index is -0.813. The third-order valence-corrected chi connectivity index (χ3v) is 3.45. The summed E-state index contributed by atoms with van der Waals surface area (Å²) in [5.41, 5.74) is -0.813. The average molecular weight is 229 g/mol. The molecule has 2 aliphatic heterocycles. The lowest BCUT2D eigenvalue weighted by molar-refractivity contribution is -0.152. The molecule has 3 heterocycles. The van der Waals surface area contributed by atoms with Crippen molar-refractivity contribution in [3.05, 3.63) is 30.1 Å². The number of allylic oxidation sites excluding steroid dienone is 2. The number of tetrazole rings is 1. The molecule has 1 spiro atoms. The molecule has 0 N–H and O–H groups in total. The van der Waals surface area contributed by atoms with Gasteiger partial charge in [0.15, 0.2) is 17.3 Å². The topological polar surface area (TPSA) is 81.0 Å². The molecule has 1 atom stereocenters. The number of hydrogen-bond acceptors (Lipinski definition) is 5. The zero-order valence-electron chi connectivity index (χ0n) is 8.65. The van der Waals surface area contributed by atoms with Crippen molar-refractivity contribution in [1.82, 2.24) is 25.1 Å². The van der Waals surface area contributed by atoms with Crippen LogP contribution in [0.1, 0.15) is 18.3 Å². The molecule has 0 radical (unpaired) electrons. The van der Waals surface area contributed by atoms with Crippen LogP contribution in [0.2, 0.25) is 0 Å². The molecule has 1 amide bonds. The van der Waals surface area contributed by atoms with E-state index >= 15 is 0 Å². The second-order valence-electron chi connectivity index (χ2n) is 4.28. The fraction of sp³-hybridized carbons (Fsp3) is 0.300. The summed E-state index contributed by atoms with van der Waals surface area (Å²) in [6.07, 6.45) is 6.66. The highest BCUT2D eigenvalue weighted by atomic mass is 16.2. The lowest BCUT2D eigenvalue weighted by atomic mass is 9.95. The summed E-state index contributed by atoms with van der Waals surface area (Å²) in [7, 11) is 0. The molecule has 1 saturated heterocycles. The summed E-state index contributed by atoms with van der Waals surface area (Å²) in [6, 6.07) is -0.0694. The fourth-order valence-corrected chi connectivity index (χ4v) is 2.65. The van der Waals surface area contributed by atoms with E-state index in [1.54, 1.807) is 21.7 Å². The molecule has 1 unspecified atom stereocenters. The number of ketones is 1. The van der Waals surface area contributed by atoms with Crippen LogP contribution in [-0.2, 0) is 15.3 Å². The van der Waals surface area contributed by atoms with Crippen molar-refractivity contribution in [3.8, 4) is 0 Å². The van der Waals surface area contributed by atoms with Gasteiger partial charge in [0, 0.05) is 0 Å². The number of rotatable bonds is 0. The zero-order valence-corrected chi connectivity index (χ0v) is 8.65. The number of nitrogens with zero attached hydrogens (tertiary/aromatic N) is 5. The Balaban J connectivity index is 1.96. The van der Waals surface area contributed by atoms with Gasteiger partial charge in [-0.15, -0.1) is 5.10 Å². The third kappa shape index (κ3) is 0.823. The molecule has 17 heavy (non-hydrogen) atoms. The van der Waals surface area contributed by atoms with E-state index in [9.17, 15) is 9.59 Å². The van der Waals surface area contributed by atoms with Gasteiger partial charge in [-0.1, -0.05) is 0 Å². The van der Waals surface area contributed by atoms with Gasteiger partial charge in [0.2, 0.25) is 5.91 Å². The first-order valence-corrected chi connectivity index (χ1v) is 5.26. The van der Waals surface area contributed by atoms with E-state index in [1.165, 1.54) is 12.2 Å². The molecular formula is C10H7N5O2. The molecule has 3 aliphatic rings. The minimum absolute atomic E-state index is 0.0333. The molecule has 7 heteroatoms. The first kappa shape index (κ1) is 8.80. The molecule has 0 saturated carbocycles. The first-order chi connectivity index (χ1) is 8.22. The van der Waals surface area contributed by atoms with Crippen molar-refractivity contribution in [2.75, 3.05) is 0 Å². The van der Waals surface area contributed by atoms with Crippen LogP contribution in [0.25, 0.3) is 0 Å². The van der Waals surface area contributed by atoms with Crippen LogP contribution in [0.5, 0.6) is 0 Å². The lowest BCUT2D eigenvalue weighted by Crippen LogP contribution is -2.54. The van der Waals surface area contributed by atoms with Crippen LogP contribution in [-0.4, -0.2) is 36.8 Å². The molecule has 0 aromatic carbocycles. The highest BCUT2D eigenvalue weighted by Crippen LogP contribution is 2.49. The highest BCUT2D eigenvalue weighted by Gasteiger charge is 2.59. The number of fused-ring (bicyclic) bond motifs is 5. The van der Waals surface area contributed by atoms with Crippen LogP contribution < -0.4 is 0 Å². The standard InChI is InChI=1S/C10H7N5O2/c16-6-1-3-10(4-2-6)14-7(5-8(14)17)9-11-12-13-15(9)10/h1-4,7H,5H2. The van der Waals surface area contributed by atoms with E-state index in [0.29, 0.717) is 12.2 Å². The highest BCUT2D eigenvalue weighted by molar-refractivity contribution is 6.01. The van der Waals surface area contributed by atoms with Gasteiger partial charge in [0.05, 0.1) is 6.42 Å². The predicted molar refractivity (Wildman–Crippen MR) is 53.3 cm³/mol. The van der Waals surface area contributed by atoms with Gasteiger partial charge in [-0.2, -0.15) is 4.68 Å². The van der Waals surface area contributed by atoms with E-state index in [4.69, 9.17) is 0 Å². The molecule has 1 aliphatic carbocycles. The Bertz CT molecular complexity index is 598. The largest absolute Gasteiger partial charge is 0.300 e. The van der Waals surface area contributed by atoms with Crippen molar-refractivity contribution in [2.24, 2.45) is 0 Å². The molecule has 1 aromatic heterocycles. The quantitative estimate of drug-likeness (QED) is 0.550. The number of carbonyl (C=O) groups is 2. The summed E-state index contributed by atoms with van der Waals surface area (Å²) >= 11 is 0. The summed E-state index contributed by atoms with van der Waals surface area (Å²) in [6.45, 7) is 0. The number of amides is 1. The Morgan fingerprint density at radius 1 is 1.29 bits per heavy atom. The normalized spacial score (nSPS) is 27.3. The molecule has 84 valence electrons. The smallest absolute Gasteiger partial charge is 0.228 e. The first-order valence-electron chi connectivity index (χ1n) is 5.26. The van der Waals surface area contributed by atoms with Crippen molar-refractivity contribution >= 4 is 11.7 Å². The number of hydrogen-bond donors (Lipinski definition) is 0.